The zero-order valence-corrected chi connectivity index (χ0v) is 13.3. The van der Waals surface area contributed by atoms with Crippen LogP contribution in [0.15, 0.2) is 53.6 Å². The van der Waals surface area contributed by atoms with Gasteiger partial charge in [0.25, 0.3) is 0 Å². The second-order valence-corrected chi connectivity index (χ2v) is 5.19. The fraction of sp³-hybridized carbons (Fsp3) is 0.118. The van der Waals surface area contributed by atoms with Crippen molar-refractivity contribution in [3.8, 4) is 0 Å². The summed E-state index contributed by atoms with van der Waals surface area (Å²) in [4.78, 5) is 23.3. The van der Waals surface area contributed by atoms with Gasteiger partial charge in [0.15, 0.2) is 0 Å². The number of halogens is 1. The minimum Gasteiger partial charge on any atom is -0.318 e. The number of hydrazone groups is 1. The molecule has 0 aromatic heterocycles. The molecule has 2 N–H and O–H groups in total. The Morgan fingerprint density at radius 1 is 1.04 bits per heavy atom. The second kappa shape index (κ2) is 8.10. The van der Waals surface area contributed by atoms with Gasteiger partial charge in [0.2, 0.25) is 0 Å². The van der Waals surface area contributed by atoms with Crippen LogP contribution in [0.4, 0.5) is 5.69 Å². The number of aryl methyl sites for hydroxylation is 1. The molecule has 0 saturated heterocycles. The first-order valence-electron chi connectivity index (χ1n) is 7.07. The molecule has 0 bridgehead atoms. The van der Waals surface area contributed by atoms with E-state index in [4.69, 9.17) is 11.6 Å². The number of benzene rings is 2. The van der Waals surface area contributed by atoms with E-state index in [-0.39, 0.29) is 0 Å². The van der Waals surface area contributed by atoms with Crippen molar-refractivity contribution in [1.82, 2.24) is 5.43 Å². The lowest BCUT2D eigenvalue weighted by atomic mass is 10.1. The van der Waals surface area contributed by atoms with Gasteiger partial charge in [-0.2, -0.15) is 5.10 Å². The van der Waals surface area contributed by atoms with Crippen LogP contribution in [0.5, 0.6) is 0 Å². The molecule has 0 fully saturated rings. The van der Waals surface area contributed by atoms with Crippen molar-refractivity contribution in [2.24, 2.45) is 5.10 Å². The minimum absolute atomic E-state index is 0.480. The van der Waals surface area contributed by atoms with Gasteiger partial charge in [0.1, 0.15) is 0 Å². The normalized spacial score (nSPS) is 10.5. The highest BCUT2D eigenvalue weighted by Gasteiger charge is 2.12. The Morgan fingerprint density at radius 2 is 1.70 bits per heavy atom. The molecule has 118 valence electrons. The molecule has 2 aromatic carbocycles. The SMILES string of the molecule is CCc1ccc(C=NNC(=O)C(=O)Nc2ccc(Cl)cc2)cc1. The maximum atomic E-state index is 11.7. The number of carbonyl (C=O) groups excluding carboxylic acids is 2. The third kappa shape index (κ3) is 5.23. The van der Waals surface area contributed by atoms with E-state index in [0.29, 0.717) is 10.7 Å². The van der Waals surface area contributed by atoms with Gasteiger partial charge in [0.05, 0.1) is 6.21 Å². The molecular weight excluding hydrogens is 314 g/mol. The van der Waals surface area contributed by atoms with Crippen LogP contribution in [0.3, 0.4) is 0 Å². The minimum atomic E-state index is -0.846. The van der Waals surface area contributed by atoms with Crippen LogP contribution in [0.2, 0.25) is 5.02 Å². The van der Waals surface area contributed by atoms with Gasteiger partial charge in [-0.1, -0.05) is 42.8 Å². The van der Waals surface area contributed by atoms with Crippen LogP contribution in [-0.4, -0.2) is 18.0 Å². The summed E-state index contributed by atoms with van der Waals surface area (Å²) in [6.45, 7) is 2.07. The number of nitrogens with zero attached hydrogens (tertiary/aromatic N) is 1. The molecule has 0 aliphatic rings. The molecule has 2 rings (SSSR count). The molecule has 23 heavy (non-hydrogen) atoms. The Morgan fingerprint density at radius 3 is 2.30 bits per heavy atom. The number of rotatable bonds is 4. The van der Waals surface area contributed by atoms with Crippen LogP contribution < -0.4 is 10.7 Å². The fourth-order valence-electron chi connectivity index (χ4n) is 1.78. The Balaban J connectivity index is 1.86. The van der Waals surface area contributed by atoms with E-state index in [1.54, 1.807) is 24.3 Å². The van der Waals surface area contributed by atoms with Gasteiger partial charge < -0.3 is 5.32 Å². The van der Waals surface area contributed by atoms with Gasteiger partial charge >= 0.3 is 11.8 Å². The fourth-order valence-corrected chi connectivity index (χ4v) is 1.90. The van der Waals surface area contributed by atoms with E-state index in [0.717, 1.165) is 12.0 Å². The molecule has 0 unspecified atom stereocenters. The Kier molecular flexibility index (Phi) is 5.88. The number of hydrogen-bond acceptors (Lipinski definition) is 3. The van der Waals surface area contributed by atoms with Gasteiger partial charge in [-0.3, -0.25) is 9.59 Å². The van der Waals surface area contributed by atoms with E-state index in [1.807, 2.05) is 24.3 Å². The Labute approximate surface area is 139 Å². The van der Waals surface area contributed by atoms with Crippen LogP contribution in [0, 0.1) is 0 Å². The average Bonchev–Trinajstić information content (AvgIpc) is 2.57. The number of anilines is 1. The van der Waals surface area contributed by atoms with E-state index in [9.17, 15) is 9.59 Å². The first kappa shape index (κ1) is 16.7. The maximum absolute atomic E-state index is 11.7. The van der Waals surface area contributed by atoms with Crippen LogP contribution in [-0.2, 0) is 16.0 Å². The lowest BCUT2D eigenvalue weighted by Gasteiger charge is -2.03. The van der Waals surface area contributed by atoms with Crippen molar-refractivity contribution in [1.29, 1.82) is 0 Å². The van der Waals surface area contributed by atoms with Crippen molar-refractivity contribution < 1.29 is 9.59 Å². The topological polar surface area (TPSA) is 70.6 Å². The highest BCUT2D eigenvalue weighted by molar-refractivity contribution is 6.39. The first-order valence-corrected chi connectivity index (χ1v) is 7.45. The molecule has 0 aliphatic carbocycles. The first-order chi connectivity index (χ1) is 11.1. The summed E-state index contributed by atoms with van der Waals surface area (Å²) >= 11 is 5.75. The lowest BCUT2D eigenvalue weighted by molar-refractivity contribution is -0.136. The zero-order chi connectivity index (χ0) is 16.7. The van der Waals surface area contributed by atoms with Crippen molar-refractivity contribution in [2.75, 3.05) is 5.32 Å². The quantitative estimate of drug-likeness (QED) is 0.514. The van der Waals surface area contributed by atoms with Gasteiger partial charge in [-0.25, -0.2) is 5.43 Å². The van der Waals surface area contributed by atoms with E-state index in [2.05, 4.69) is 22.8 Å². The molecule has 0 radical (unpaired) electrons. The third-order valence-corrected chi connectivity index (χ3v) is 3.33. The summed E-state index contributed by atoms with van der Waals surface area (Å²) in [6.07, 6.45) is 2.44. The van der Waals surface area contributed by atoms with Gasteiger partial charge in [-0.15, -0.1) is 0 Å². The van der Waals surface area contributed by atoms with Crippen molar-refractivity contribution in [2.45, 2.75) is 13.3 Å². The summed E-state index contributed by atoms with van der Waals surface area (Å²) in [5, 5.41) is 6.76. The van der Waals surface area contributed by atoms with Crippen LogP contribution in [0.1, 0.15) is 18.1 Å². The van der Waals surface area contributed by atoms with Crippen molar-refractivity contribution in [3.05, 3.63) is 64.7 Å². The van der Waals surface area contributed by atoms with Gasteiger partial charge in [-0.05, 0) is 41.8 Å². The molecule has 2 aromatic rings. The molecule has 0 heterocycles. The smallest absolute Gasteiger partial charge is 0.318 e. The predicted molar refractivity (Wildman–Crippen MR) is 91.6 cm³/mol. The van der Waals surface area contributed by atoms with E-state index >= 15 is 0 Å². The highest BCUT2D eigenvalue weighted by Crippen LogP contribution is 2.13. The molecule has 0 spiro atoms. The molecule has 0 atom stereocenters. The number of carbonyl (C=O) groups is 2. The summed E-state index contributed by atoms with van der Waals surface area (Å²) in [6, 6.07) is 14.2. The summed E-state index contributed by atoms with van der Waals surface area (Å²) in [7, 11) is 0. The monoisotopic (exact) mass is 329 g/mol. The Hall–Kier alpha value is -2.66. The summed E-state index contributed by atoms with van der Waals surface area (Å²) in [5.74, 6) is -1.65. The highest BCUT2D eigenvalue weighted by atomic mass is 35.5. The second-order valence-electron chi connectivity index (χ2n) is 4.76. The third-order valence-electron chi connectivity index (χ3n) is 3.08. The van der Waals surface area contributed by atoms with Crippen LogP contribution in [0.25, 0.3) is 0 Å². The standard InChI is InChI=1S/C17H16ClN3O2/c1-2-12-3-5-13(6-4-12)11-19-21-17(23)16(22)20-15-9-7-14(18)8-10-15/h3-11H,2H2,1H3,(H,20,22)(H,21,23). The van der Waals surface area contributed by atoms with Crippen LogP contribution >= 0.6 is 11.6 Å². The average molecular weight is 330 g/mol. The van der Waals surface area contributed by atoms with Crippen molar-refractivity contribution in [3.63, 3.8) is 0 Å². The van der Waals surface area contributed by atoms with Gasteiger partial charge in [0, 0.05) is 10.7 Å². The number of amides is 2. The van der Waals surface area contributed by atoms with E-state index in [1.165, 1.54) is 11.8 Å². The number of hydrogen-bond donors (Lipinski definition) is 2. The number of nitrogens with one attached hydrogen (secondary N) is 2. The van der Waals surface area contributed by atoms with E-state index < -0.39 is 11.8 Å². The molecule has 0 saturated carbocycles. The zero-order valence-electron chi connectivity index (χ0n) is 12.5. The molecule has 6 heteroatoms. The summed E-state index contributed by atoms with van der Waals surface area (Å²) in [5.41, 5.74) is 4.71. The molecule has 0 aliphatic heterocycles. The summed E-state index contributed by atoms with van der Waals surface area (Å²) < 4.78 is 0. The largest absolute Gasteiger partial charge is 0.329 e. The molecule has 2 amide bonds. The predicted octanol–water partition coefficient (Wildman–Crippen LogP) is 2.99. The molecular formula is C17H16ClN3O2. The van der Waals surface area contributed by atoms with Crippen molar-refractivity contribution >= 4 is 35.3 Å². The Bertz CT molecular complexity index is 710. The maximum Gasteiger partial charge on any atom is 0.329 e. The molecule has 5 nitrogen and oxygen atoms in total. The lowest BCUT2D eigenvalue weighted by Crippen LogP contribution is -2.32.